The first-order valence-corrected chi connectivity index (χ1v) is 30.5. The summed E-state index contributed by atoms with van der Waals surface area (Å²) >= 11 is 5.66. The number of benzene rings is 3. The van der Waals surface area contributed by atoms with Crippen molar-refractivity contribution in [1.82, 2.24) is 35.9 Å². The van der Waals surface area contributed by atoms with E-state index in [9.17, 15) is 24.0 Å². The lowest BCUT2D eigenvalue weighted by Crippen LogP contribution is -2.38. The largest absolute Gasteiger partial charge is 0.492 e. The van der Waals surface area contributed by atoms with Gasteiger partial charge in [-0.15, -0.1) is 11.6 Å². The van der Waals surface area contributed by atoms with E-state index in [1.165, 1.54) is 12.2 Å². The Balaban J connectivity index is 0.822. The summed E-state index contributed by atoms with van der Waals surface area (Å²) in [5.41, 5.74) is 2.51. The molecule has 88 heavy (non-hydrogen) atoms. The molecule has 0 radical (unpaired) electrons. The predicted molar refractivity (Wildman–Crippen MR) is 331 cm³/mol. The van der Waals surface area contributed by atoms with Crippen LogP contribution in [0.3, 0.4) is 0 Å². The van der Waals surface area contributed by atoms with E-state index in [2.05, 4.69) is 36.8 Å². The number of hydrogen-bond donors (Lipinski definition) is 6. The van der Waals surface area contributed by atoms with Crippen LogP contribution in [0.15, 0.2) is 78.9 Å². The number of rotatable bonds is 43. The fourth-order valence-corrected chi connectivity index (χ4v) is 8.35. The maximum Gasteiger partial charge on any atom is 0.407 e. The average Bonchev–Trinajstić information content (AvgIpc) is 3.88. The lowest BCUT2D eigenvalue weighted by Gasteiger charge is -2.26. The number of nitrogens with zero attached hydrogens (tertiary/aromatic N) is 3. The van der Waals surface area contributed by atoms with Crippen molar-refractivity contribution in [3.05, 3.63) is 90.1 Å². The molecule has 2 heterocycles. The monoisotopic (exact) mass is 1260 g/mol. The molecule has 1 aliphatic heterocycles. The third-order valence-corrected chi connectivity index (χ3v) is 13.0. The highest BCUT2D eigenvalue weighted by Gasteiger charge is 2.23. The zero-order valence-corrected chi connectivity index (χ0v) is 51.8. The Hall–Kier alpha value is -7.01. The zero-order chi connectivity index (χ0) is 62.7. The molecule has 488 valence electrons. The van der Waals surface area contributed by atoms with Crippen LogP contribution < -0.4 is 36.6 Å². The van der Waals surface area contributed by atoms with Crippen molar-refractivity contribution in [2.45, 2.75) is 58.4 Å². The normalized spacial score (nSPS) is 12.6. The molecule has 0 aliphatic carbocycles. The number of alkyl halides is 1. The van der Waals surface area contributed by atoms with Crippen molar-refractivity contribution in [1.29, 1.82) is 0 Å². The molecule has 1 fully saturated rings. The number of urea groups is 1. The van der Waals surface area contributed by atoms with Gasteiger partial charge in [0.1, 0.15) is 44.6 Å². The number of carbonyl (C=O) groups excluding carboxylic acids is 5. The summed E-state index contributed by atoms with van der Waals surface area (Å²) in [4.78, 5) is 64.2. The van der Waals surface area contributed by atoms with E-state index in [4.69, 9.17) is 73.5 Å². The van der Waals surface area contributed by atoms with E-state index in [0.717, 1.165) is 86.3 Å². The van der Waals surface area contributed by atoms with E-state index < -0.39 is 30.4 Å². The molecule has 1 aliphatic rings. The number of carbonyl (C=O) groups is 5. The standard InChI is InChI=1S/C61H90ClN9O17/c1-61(2,3)54-46-55(68-56(72)67-52-17-18-53(51-16-7-6-15-50(51)52)84-34-25-70-23-32-81-33-24-70)71(69-54)49-14-12-13-48(45-49)47-66-60(76)88-44-42-83-40-38-80-30-21-64-58(74)86-28-11-10-27-85-57(73)63-20-29-79-37-39-82-41-43-87-59(75)65-22-31-78-36-35-77-26-9-5-4-8-19-62/h6-7,10-18,45-46H,4-5,8-9,19-44,47H2,1-3H3,(H,63,73)(H,64,74)(H,65,75)(H,66,76)(H2,67,68,72)/b11-10+. The number of amides is 6. The van der Waals surface area contributed by atoms with Crippen molar-refractivity contribution in [3.8, 4) is 11.4 Å². The van der Waals surface area contributed by atoms with Crippen LogP contribution in [-0.2, 0) is 64.1 Å². The highest BCUT2D eigenvalue weighted by atomic mass is 35.5. The Kier molecular flexibility index (Phi) is 35.5. The van der Waals surface area contributed by atoms with E-state index in [1.807, 2.05) is 87.5 Å². The topological polar surface area (TPSA) is 289 Å². The molecule has 4 aromatic rings. The summed E-state index contributed by atoms with van der Waals surface area (Å²) in [6, 6.07) is 20.4. The molecule has 0 saturated carbocycles. The van der Waals surface area contributed by atoms with Gasteiger partial charge in [0, 0.05) is 80.6 Å². The molecule has 27 heteroatoms. The van der Waals surface area contributed by atoms with Gasteiger partial charge in [-0.05, 0) is 54.8 Å². The fraction of sp³-hybridized carbons (Fsp3) is 0.574. The maximum absolute atomic E-state index is 13.7. The second kappa shape index (κ2) is 43.6. The van der Waals surface area contributed by atoms with Gasteiger partial charge in [-0.3, -0.25) is 10.2 Å². The molecule has 26 nitrogen and oxygen atoms in total. The van der Waals surface area contributed by atoms with Crippen LogP contribution in [0.5, 0.6) is 5.75 Å². The summed E-state index contributed by atoms with van der Waals surface area (Å²) in [6.45, 7) is 15.5. The van der Waals surface area contributed by atoms with Gasteiger partial charge in [-0.2, -0.15) is 5.10 Å². The van der Waals surface area contributed by atoms with E-state index in [1.54, 1.807) is 4.68 Å². The molecule has 0 atom stereocenters. The van der Waals surface area contributed by atoms with Crippen LogP contribution in [-0.4, -0.2) is 216 Å². The number of nitrogens with one attached hydrogen (secondary N) is 6. The van der Waals surface area contributed by atoms with Crippen LogP contribution in [0.25, 0.3) is 16.5 Å². The summed E-state index contributed by atoms with van der Waals surface area (Å²) in [5.74, 6) is 1.90. The van der Waals surface area contributed by atoms with Crippen LogP contribution in [0, 0.1) is 0 Å². The first kappa shape index (κ1) is 71.7. The van der Waals surface area contributed by atoms with Crippen LogP contribution >= 0.6 is 11.6 Å². The van der Waals surface area contributed by atoms with Crippen LogP contribution in [0.2, 0.25) is 0 Å². The van der Waals surface area contributed by atoms with Gasteiger partial charge in [0.05, 0.1) is 103 Å². The van der Waals surface area contributed by atoms with Gasteiger partial charge < -0.3 is 83.4 Å². The number of unbranched alkanes of at least 4 members (excludes halogenated alkanes) is 3. The third kappa shape index (κ3) is 30.8. The first-order chi connectivity index (χ1) is 42.9. The zero-order valence-electron chi connectivity index (χ0n) is 51.1. The summed E-state index contributed by atoms with van der Waals surface area (Å²) < 4.78 is 66.4. The first-order valence-electron chi connectivity index (χ1n) is 29.9. The summed E-state index contributed by atoms with van der Waals surface area (Å²) in [7, 11) is 0. The molecule has 1 saturated heterocycles. The van der Waals surface area contributed by atoms with Crippen LogP contribution in [0.1, 0.15) is 57.7 Å². The van der Waals surface area contributed by atoms with E-state index in [-0.39, 0.29) is 104 Å². The number of ether oxygens (including phenoxy) is 12. The van der Waals surface area contributed by atoms with Gasteiger partial charge in [-0.1, -0.05) is 70.0 Å². The Bertz CT molecular complexity index is 2670. The highest BCUT2D eigenvalue weighted by Crippen LogP contribution is 2.32. The highest BCUT2D eigenvalue weighted by molar-refractivity contribution is 6.17. The molecule has 6 amide bonds. The summed E-state index contributed by atoms with van der Waals surface area (Å²) in [6.07, 6.45) is 4.87. The molecule has 3 aromatic carbocycles. The Morgan fingerprint density at radius 3 is 1.72 bits per heavy atom. The fourth-order valence-electron chi connectivity index (χ4n) is 8.16. The molecule has 6 N–H and O–H groups in total. The number of alkyl carbamates (subject to hydrolysis) is 4. The van der Waals surface area contributed by atoms with Crippen molar-refractivity contribution in [2.24, 2.45) is 0 Å². The minimum atomic E-state index is -0.645. The summed E-state index contributed by atoms with van der Waals surface area (Å²) in [5, 5.41) is 23.1. The van der Waals surface area contributed by atoms with Crippen LogP contribution in [0.4, 0.5) is 35.5 Å². The number of aromatic nitrogens is 2. The average molecular weight is 1260 g/mol. The van der Waals surface area contributed by atoms with Gasteiger partial charge in [-0.25, -0.2) is 28.7 Å². The molecular weight excluding hydrogens is 1170 g/mol. The Morgan fingerprint density at radius 1 is 0.568 bits per heavy atom. The van der Waals surface area contributed by atoms with Gasteiger partial charge in [0.2, 0.25) is 0 Å². The number of anilines is 2. The van der Waals surface area contributed by atoms with Gasteiger partial charge in [0.15, 0.2) is 0 Å². The minimum Gasteiger partial charge on any atom is -0.492 e. The maximum atomic E-state index is 13.7. The third-order valence-electron chi connectivity index (χ3n) is 12.8. The van der Waals surface area contributed by atoms with E-state index >= 15 is 0 Å². The number of hydrogen-bond acceptors (Lipinski definition) is 19. The number of morpholine rings is 1. The van der Waals surface area contributed by atoms with Gasteiger partial charge in [0.25, 0.3) is 0 Å². The second-order valence-corrected chi connectivity index (χ2v) is 21.0. The minimum absolute atomic E-state index is 0.0140. The molecule has 0 bridgehead atoms. The number of fused-ring (bicyclic) bond motifs is 1. The van der Waals surface area contributed by atoms with Crippen molar-refractivity contribution < 1.29 is 80.8 Å². The Morgan fingerprint density at radius 2 is 1.11 bits per heavy atom. The van der Waals surface area contributed by atoms with Crippen molar-refractivity contribution in [2.75, 3.05) is 181 Å². The molecule has 0 spiro atoms. The SMILES string of the molecule is CC(C)(C)c1cc(NC(=O)Nc2ccc(OCCN3CCOCC3)c3ccccc23)n(-c2cccc(CNC(=O)OCCOCCOCCNC(=O)OC/C=C/COC(=O)NCCOCCOCCOC(=O)NCCOCCOCCCCCCCl)c2)n1. The quantitative estimate of drug-likeness (QED) is 0.0108. The predicted octanol–water partition coefficient (Wildman–Crippen LogP) is 7.54. The lowest BCUT2D eigenvalue weighted by molar-refractivity contribution is 0.0276. The van der Waals surface area contributed by atoms with E-state index in [0.29, 0.717) is 62.7 Å². The number of halogens is 1. The molecule has 0 unspecified atom stereocenters. The molecular formula is C61H90ClN9O17. The van der Waals surface area contributed by atoms with Crippen molar-refractivity contribution >= 4 is 64.3 Å². The Labute approximate surface area is 520 Å². The smallest absolute Gasteiger partial charge is 0.407 e. The van der Waals surface area contributed by atoms with Crippen molar-refractivity contribution in [3.63, 3.8) is 0 Å². The molecule has 1 aromatic heterocycles. The van der Waals surface area contributed by atoms with Gasteiger partial charge >= 0.3 is 30.4 Å². The molecule has 5 rings (SSSR count). The second-order valence-electron chi connectivity index (χ2n) is 20.6. The lowest BCUT2D eigenvalue weighted by atomic mass is 9.92.